The Labute approximate surface area is 173 Å². The van der Waals surface area contributed by atoms with Gasteiger partial charge >= 0.3 is 0 Å². The molecule has 1 unspecified atom stereocenters. The second kappa shape index (κ2) is 6.93. The average Bonchev–Trinajstić information content (AvgIpc) is 3.47. The number of thiazole rings is 1. The largest absolute Gasteiger partial charge is 0.503 e. The van der Waals surface area contributed by atoms with E-state index in [4.69, 9.17) is 4.42 Å². The van der Waals surface area contributed by atoms with Gasteiger partial charge in [-0.15, -0.1) is 11.3 Å². The molecule has 148 valence electrons. The van der Waals surface area contributed by atoms with Gasteiger partial charge in [0, 0.05) is 22.5 Å². The first kappa shape index (κ1) is 18.3. The first-order chi connectivity index (χ1) is 14.6. The lowest BCUT2D eigenvalue weighted by molar-refractivity contribution is -0.117. The minimum atomic E-state index is -1.18. The van der Waals surface area contributed by atoms with Crippen molar-refractivity contribution in [2.45, 2.75) is 6.04 Å². The summed E-state index contributed by atoms with van der Waals surface area (Å²) in [5, 5.41) is 13.2. The summed E-state index contributed by atoms with van der Waals surface area (Å²) in [6.45, 7) is 0. The van der Waals surface area contributed by atoms with E-state index in [0.717, 1.165) is 16.2 Å². The predicted octanol–water partition coefficient (Wildman–Crippen LogP) is 4.81. The molecular formula is C22H13FN2O4S. The van der Waals surface area contributed by atoms with Gasteiger partial charge in [0.1, 0.15) is 17.4 Å². The number of carbonyl (C=O) groups excluding carboxylic acids is 2. The van der Waals surface area contributed by atoms with Crippen molar-refractivity contribution < 1.29 is 23.5 Å². The molecule has 30 heavy (non-hydrogen) atoms. The van der Waals surface area contributed by atoms with Gasteiger partial charge in [0.2, 0.25) is 5.78 Å². The minimum Gasteiger partial charge on any atom is -0.503 e. The summed E-state index contributed by atoms with van der Waals surface area (Å²) in [5.41, 5.74) is 0.313. The van der Waals surface area contributed by atoms with E-state index in [1.165, 1.54) is 30.5 Å². The lowest BCUT2D eigenvalue weighted by Gasteiger charge is -2.24. The van der Waals surface area contributed by atoms with Crippen LogP contribution in [0.5, 0.6) is 0 Å². The van der Waals surface area contributed by atoms with Crippen molar-refractivity contribution in [3.63, 3.8) is 0 Å². The van der Waals surface area contributed by atoms with Gasteiger partial charge in [-0.1, -0.05) is 36.4 Å². The number of carbonyl (C=O) groups is 2. The zero-order chi connectivity index (χ0) is 20.8. The Morgan fingerprint density at radius 2 is 1.93 bits per heavy atom. The maximum atomic E-state index is 14.7. The van der Waals surface area contributed by atoms with Crippen molar-refractivity contribution in [1.82, 2.24) is 4.98 Å². The Bertz CT molecular complexity index is 1290. The third-order valence-corrected chi connectivity index (χ3v) is 5.70. The van der Waals surface area contributed by atoms with Gasteiger partial charge in [0.25, 0.3) is 5.91 Å². The van der Waals surface area contributed by atoms with Gasteiger partial charge in [-0.2, -0.15) is 0 Å². The first-order valence-electron chi connectivity index (χ1n) is 9.00. The molecule has 0 bridgehead atoms. The van der Waals surface area contributed by atoms with Crippen molar-refractivity contribution in [3.8, 4) is 0 Å². The fourth-order valence-electron chi connectivity index (χ4n) is 3.59. The molecule has 0 spiro atoms. The normalized spacial score (nSPS) is 16.6. The van der Waals surface area contributed by atoms with E-state index in [1.807, 2.05) is 0 Å². The number of fused-ring (bicyclic) bond motifs is 1. The minimum absolute atomic E-state index is 0.0483. The monoisotopic (exact) mass is 420 g/mol. The van der Waals surface area contributed by atoms with E-state index in [9.17, 15) is 19.1 Å². The van der Waals surface area contributed by atoms with Crippen molar-refractivity contribution in [2.75, 3.05) is 4.90 Å². The lowest BCUT2D eigenvalue weighted by Crippen LogP contribution is -2.31. The third kappa shape index (κ3) is 2.73. The smallest absolute Gasteiger partial charge is 0.296 e. The number of Topliss-reactive ketones (excluding diaryl/α,β-unsaturated/α-hetero) is 1. The number of halogens is 1. The van der Waals surface area contributed by atoms with Crippen molar-refractivity contribution in [2.24, 2.45) is 0 Å². The first-order valence-corrected chi connectivity index (χ1v) is 9.88. The van der Waals surface area contributed by atoms with Gasteiger partial charge in [-0.05, 0) is 18.2 Å². The molecular weight excluding hydrogens is 407 g/mol. The highest BCUT2D eigenvalue weighted by Gasteiger charge is 2.47. The van der Waals surface area contributed by atoms with E-state index in [0.29, 0.717) is 11.0 Å². The van der Waals surface area contributed by atoms with Gasteiger partial charge in [-0.25, -0.2) is 9.37 Å². The molecule has 0 aliphatic carbocycles. The summed E-state index contributed by atoms with van der Waals surface area (Å²) in [5.74, 6) is -2.92. The SMILES string of the molecule is O=C(C1=C(O)C(=O)N(c2nccs2)C1c1ccccc1F)c1cc2ccccc2o1. The second-order valence-corrected chi connectivity index (χ2v) is 7.53. The van der Waals surface area contributed by atoms with Crippen LogP contribution in [0.2, 0.25) is 0 Å². The highest BCUT2D eigenvalue weighted by molar-refractivity contribution is 7.13. The highest BCUT2D eigenvalue weighted by atomic mass is 32.1. The van der Waals surface area contributed by atoms with Crippen LogP contribution in [0.1, 0.15) is 22.2 Å². The van der Waals surface area contributed by atoms with Crippen LogP contribution in [-0.2, 0) is 4.79 Å². The Morgan fingerprint density at radius 3 is 2.67 bits per heavy atom. The summed E-state index contributed by atoms with van der Waals surface area (Å²) >= 11 is 1.14. The summed E-state index contributed by atoms with van der Waals surface area (Å²) < 4.78 is 20.4. The molecule has 1 N–H and O–H groups in total. The summed E-state index contributed by atoms with van der Waals surface area (Å²) in [7, 11) is 0. The topological polar surface area (TPSA) is 83.6 Å². The number of benzene rings is 2. The molecule has 5 rings (SSSR count). The molecule has 0 saturated heterocycles. The fraction of sp³-hybridized carbons (Fsp3) is 0.0455. The van der Waals surface area contributed by atoms with Crippen LogP contribution in [-0.4, -0.2) is 21.8 Å². The number of amides is 1. The van der Waals surface area contributed by atoms with E-state index >= 15 is 0 Å². The van der Waals surface area contributed by atoms with Gasteiger partial charge < -0.3 is 9.52 Å². The number of nitrogens with zero attached hydrogens (tertiary/aromatic N) is 2. The standard InChI is InChI=1S/C22H13FN2O4S/c23-14-7-3-2-6-13(14)18-17(20(27)21(28)25(18)22-24-9-10-30-22)19(26)16-11-12-5-1-4-8-15(12)29-16/h1-11,18,27H. The number of rotatable bonds is 4. The quantitative estimate of drug-likeness (QED) is 0.479. The number of para-hydroxylation sites is 1. The van der Waals surface area contributed by atoms with Crippen LogP contribution in [0.15, 0.2) is 81.9 Å². The molecule has 0 radical (unpaired) electrons. The Kier molecular flexibility index (Phi) is 4.22. The summed E-state index contributed by atoms with van der Waals surface area (Å²) in [4.78, 5) is 31.5. The van der Waals surface area contributed by atoms with Crippen LogP contribution in [0, 0.1) is 5.82 Å². The zero-order valence-corrected chi connectivity index (χ0v) is 16.1. The number of aliphatic hydroxyl groups is 1. The molecule has 2 aromatic carbocycles. The molecule has 1 aliphatic rings. The number of anilines is 1. The molecule has 0 fully saturated rings. The number of hydrogen-bond acceptors (Lipinski definition) is 6. The highest BCUT2D eigenvalue weighted by Crippen LogP contribution is 2.43. The Balaban J connectivity index is 1.68. The number of aromatic nitrogens is 1. The van der Waals surface area contributed by atoms with E-state index in [1.54, 1.807) is 35.7 Å². The molecule has 1 amide bonds. The molecule has 0 saturated carbocycles. The third-order valence-electron chi connectivity index (χ3n) is 4.93. The maximum Gasteiger partial charge on any atom is 0.296 e. The average molecular weight is 420 g/mol. The van der Waals surface area contributed by atoms with Crippen LogP contribution in [0.4, 0.5) is 9.52 Å². The molecule has 8 heteroatoms. The van der Waals surface area contributed by atoms with Gasteiger partial charge in [0.05, 0.1) is 5.57 Å². The summed E-state index contributed by atoms with van der Waals surface area (Å²) in [6.07, 6.45) is 1.49. The van der Waals surface area contributed by atoms with Crippen molar-refractivity contribution >= 4 is 39.1 Å². The van der Waals surface area contributed by atoms with E-state index in [2.05, 4.69) is 4.98 Å². The lowest BCUT2D eigenvalue weighted by atomic mass is 9.95. The van der Waals surface area contributed by atoms with Crippen molar-refractivity contribution in [3.05, 3.63) is 94.6 Å². The number of ketones is 1. The summed E-state index contributed by atoms with van der Waals surface area (Å²) in [6, 6.07) is 13.2. The van der Waals surface area contributed by atoms with Crippen LogP contribution >= 0.6 is 11.3 Å². The Morgan fingerprint density at radius 1 is 1.17 bits per heavy atom. The molecule has 3 heterocycles. The number of hydrogen-bond donors (Lipinski definition) is 1. The van der Waals surface area contributed by atoms with Crippen LogP contribution in [0.25, 0.3) is 11.0 Å². The molecule has 4 aromatic rings. The predicted molar refractivity (Wildman–Crippen MR) is 109 cm³/mol. The second-order valence-electron chi connectivity index (χ2n) is 6.65. The maximum absolute atomic E-state index is 14.7. The van der Waals surface area contributed by atoms with Crippen LogP contribution in [0.3, 0.4) is 0 Å². The zero-order valence-electron chi connectivity index (χ0n) is 15.3. The molecule has 1 atom stereocenters. The number of aliphatic hydroxyl groups excluding tert-OH is 1. The molecule has 6 nitrogen and oxygen atoms in total. The van der Waals surface area contributed by atoms with Gasteiger partial charge in [-0.3, -0.25) is 14.5 Å². The molecule has 1 aliphatic heterocycles. The van der Waals surface area contributed by atoms with E-state index < -0.39 is 29.3 Å². The van der Waals surface area contributed by atoms with Gasteiger partial charge in [0.15, 0.2) is 16.7 Å². The van der Waals surface area contributed by atoms with Crippen molar-refractivity contribution in [1.29, 1.82) is 0 Å². The fourth-order valence-corrected chi connectivity index (χ4v) is 4.25. The van der Waals surface area contributed by atoms with Crippen LogP contribution < -0.4 is 4.90 Å². The number of furan rings is 1. The Hall–Kier alpha value is -3.78. The van der Waals surface area contributed by atoms with E-state index in [-0.39, 0.29) is 22.0 Å². The molecule has 2 aromatic heterocycles.